The molecule has 370 valence electrons. The number of esters is 1. The fourth-order valence-corrected chi connectivity index (χ4v) is 8.50. The fourth-order valence-electron chi connectivity index (χ4n) is 8.50. The molecule has 0 saturated carbocycles. The highest BCUT2D eigenvalue weighted by molar-refractivity contribution is 5.77. The number of ether oxygens (including phenoxy) is 1. The number of hydrogen-bond acceptors (Lipinski definition) is 5. The highest BCUT2D eigenvalue weighted by Crippen LogP contribution is 2.18. The molecule has 0 aliphatic heterocycles. The molecule has 0 aromatic heterocycles. The number of nitrogens with one attached hydrogen (secondary N) is 1. The topological polar surface area (TPSA) is 95.9 Å². The SMILES string of the molecule is CCCCC/C=C\C/C=C\C/C=C\CCCCCCCCC(=O)OC(CCCCCCCCCCC)CC(=O)NC(CO)C(O)CCCCCCCCCCCCCCCCCC. The Morgan fingerprint density at radius 1 is 0.460 bits per heavy atom. The standard InChI is InChI=1S/C57H107NO5/c1-4-7-10-13-16-19-21-23-25-27-28-29-31-33-35-38-41-44-47-50-57(62)63-53(48-45-42-39-36-18-15-12-9-6-3)51-56(61)58-54(52-59)55(60)49-46-43-40-37-34-32-30-26-24-22-20-17-14-11-8-5-2/h16,19,23,25,28-29,53-55,59-60H,4-15,17-18,20-22,24,26-27,30-52H2,1-3H3,(H,58,61)/b19-16-,25-23-,29-28-. The van der Waals surface area contributed by atoms with E-state index in [2.05, 4.69) is 62.5 Å². The van der Waals surface area contributed by atoms with Crippen LogP contribution in [-0.2, 0) is 14.3 Å². The van der Waals surface area contributed by atoms with E-state index in [1.54, 1.807) is 0 Å². The minimum absolute atomic E-state index is 0.0757. The lowest BCUT2D eigenvalue weighted by Gasteiger charge is -2.24. The molecular formula is C57H107NO5. The minimum atomic E-state index is -0.787. The fraction of sp³-hybridized carbons (Fsp3) is 0.860. The van der Waals surface area contributed by atoms with Gasteiger partial charge >= 0.3 is 5.97 Å². The predicted molar refractivity (Wildman–Crippen MR) is 273 cm³/mol. The highest BCUT2D eigenvalue weighted by Gasteiger charge is 2.24. The molecule has 0 spiro atoms. The molecule has 0 aromatic rings. The molecule has 63 heavy (non-hydrogen) atoms. The molecule has 0 aliphatic rings. The van der Waals surface area contributed by atoms with Crippen molar-refractivity contribution in [1.82, 2.24) is 5.32 Å². The first kappa shape index (κ1) is 61.1. The Morgan fingerprint density at radius 3 is 1.25 bits per heavy atom. The smallest absolute Gasteiger partial charge is 0.306 e. The van der Waals surface area contributed by atoms with Crippen LogP contribution in [0.2, 0.25) is 0 Å². The van der Waals surface area contributed by atoms with Crippen molar-refractivity contribution in [2.45, 2.75) is 309 Å². The third kappa shape index (κ3) is 46.4. The van der Waals surface area contributed by atoms with Gasteiger partial charge in [-0.25, -0.2) is 0 Å². The van der Waals surface area contributed by atoms with Crippen LogP contribution in [0.15, 0.2) is 36.5 Å². The van der Waals surface area contributed by atoms with Crippen molar-refractivity contribution in [2.24, 2.45) is 0 Å². The van der Waals surface area contributed by atoms with Crippen LogP contribution in [-0.4, -0.2) is 46.9 Å². The first-order chi connectivity index (χ1) is 31.0. The van der Waals surface area contributed by atoms with Crippen LogP contribution in [0.1, 0.15) is 290 Å². The third-order valence-electron chi connectivity index (χ3n) is 12.7. The Morgan fingerprint density at radius 2 is 0.810 bits per heavy atom. The Hall–Kier alpha value is -1.92. The quantitative estimate of drug-likeness (QED) is 0.0321. The molecule has 3 N–H and O–H groups in total. The lowest BCUT2D eigenvalue weighted by atomic mass is 10.0. The summed E-state index contributed by atoms with van der Waals surface area (Å²) in [5, 5.41) is 23.8. The molecule has 0 radical (unpaired) electrons. The van der Waals surface area contributed by atoms with Crippen LogP contribution in [0, 0.1) is 0 Å². The van der Waals surface area contributed by atoms with Gasteiger partial charge in [-0.3, -0.25) is 9.59 Å². The second-order valence-electron chi connectivity index (χ2n) is 19.0. The van der Waals surface area contributed by atoms with Crippen LogP contribution in [0.3, 0.4) is 0 Å². The molecule has 0 saturated heterocycles. The summed E-state index contributed by atoms with van der Waals surface area (Å²) in [7, 11) is 0. The molecule has 3 atom stereocenters. The van der Waals surface area contributed by atoms with Crippen molar-refractivity contribution < 1.29 is 24.5 Å². The van der Waals surface area contributed by atoms with E-state index in [4.69, 9.17) is 4.74 Å². The van der Waals surface area contributed by atoms with Gasteiger partial charge in [0.15, 0.2) is 0 Å². The highest BCUT2D eigenvalue weighted by atomic mass is 16.5. The number of aliphatic hydroxyl groups excluding tert-OH is 2. The van der Waals surface area contributed by atoms with Crippen LogP contribution in [0.25, 0.3) is 0 Å². The number of rotatable bonds is 50. The Labute approximate surface area is 392 Å². The molecule has 1 amide bonds. The summed E-state index contributed by atoms with van der Waals surface area (Å²) in [6, 6.07) is -0.700. The summed E-state index contributed by atoms with van der Waals surface area (Å²) >= 11 is 0. The van der Waals surface area contributed by atoms with E-state index >= 15 is 0 Å². The van der Waals surface area contributed by atoms with Gasteiger partial charge < -0.3 is 20.3 Å². The monoisotopic (exact) mass is 886 g/mol. The van der Waals surface area contributed by atoms with Crippen LogP contribution < -0.4 is 5.32 Å². The van der Waals surface area contributed by atoms with Gasteiger partial charge in [0, 0.05) is 6.42 Å². The number of carbonyl (C=O) groups excluding carboxylic acids is 2. The summed E-state index contributed by atoms with van der Waals surface area (Å²) in [4.78, 5) is 26.1. The van der Waals surface area contributed by atoms with E-state index in [1.807, 2.05) is 0 Å². The summed E-state index contributed by atoms with van der Waals surface area (Å²) in [5.41, 5.74) is 0. The first-order valence-corrected chi connectivity index (χ1v) is 27.7. The summed E-state index contributed by atoms with van der Waals surface area (Å²) in [5.74, 6) is -0.478. The van der Waals surface area contributed by atoms with Gasteiger partial charge in [0.2, 0.25) is 5.91 Å². The van der Waals surface area contributed by atoms with Crippen molar-refractivity contribution in [3.05, 3.63) is 36.5 Å². The maximum absolute atomic E-state index is 13.2. The van der Waals surface area contributed by atoms with Crippen molar-refractivity contribution in [1.29, 1.82) is 0 Å². The van der Waals surface area contributed by atoms with Gasteiger partial charge in [-0.15, -0.1) is 0 Å². The average molecular weight is 886 g/mol. The maximum atomic E-state index is 13.2. The number of amides is 1. The molecular weight excluding hydrogens is 779 g/mol. The maximum Gasteiger partial charge on any atom is 0.306 e. The largest absolute Gasteiger partial charge is 0.462 e. The lowest BCUT2D eigenvalue weighted by molar-refractivity contribution is -0.151. The molecule has 0 rings (SSSR count). The van der Waals surface area contributed by atoms with Crippen LogP contribution in [0.5, 0.6) is 0 Å². The normalized spacial score (nSPS) is 13.4. The Bertz CT molecular complexity index is 1040. The lowest BCUT2D eigenvalue weighted by Crippen LogP contribution is -2.46. The number of allylic oxidation sites excluding steroid dienone is 6. The van der Waals surface area contributed by atoms with E-state index < -0.39 is 18.2 Å². The zero-order valence-corrected chi connectivity index (χ0v) is 42.2. The third-order valence-corrected chi connectivity index (χ3v) is 12.7. The number of carbonyl (C=O) groups is 2. The molecule has 0 heterocycles. The zero-order valence-electron chi connectivity index (χ0n) is 42.2. The van der Waals surface area contributed by atoms with E-state index in [-0.39, 0.29) is 24.9 Å². The van der Waals surface area contributed by atoms with E-state index in [0.29, 0.717) is 19.3 Å². The molecule has 0 aliphatic carbocycles. The van der Waals surface area contributed by atoms with Crippen molar-refractivity contribution in [2.75, 3.05) is 6.61 Å². The van der Waals surface area contributed by atoms with Crippen LogP contribution in [0.4, 0.5) is 0 Å². The Balaban J connectivity index is 4.41. The van der Waals surface area contributed by atoms with Gasteiger partial charge in [0.05, 0.1) is 25.2 Å². The molecule has 6 nitrogen and oxygen atoms in total. The number of hydrogen-bond donors (Lipinski definition) is 3. The second kappa shape index (κ2) is 51.1. The van der Waals surface area contributed by atoms with Gasteiger partial charge in [-0.1, -0.05) is 250 Å². The molecule has 0 fully saturated rings. The predicted octanol–water partition coefficient (Wildman–Crippen LogP) is 16.8. The van der Waals surface area contributed by atoms with Gasteiger partial charge in [-0.2, -0.15) is 0 Å². The summed E-state index contributed by atoms with van der Waals surface area (Å²) < 4.78 is 5.93. The zero-order chi connectivity index (χ0) is 45.9. The first-order valence-electron chi connectivity index (χ1n) is 27.7. The summed E-state index contributed by atoms with van der Waals surface area (Å²) in [6.07, 6.45) is 60.7. The number of aliphatic hydroxyl groups is 2. The van der Waals surface area contributed by atoms with Gasteiger partial charge in [-0.05, 0) is 64.2 Å². The minimum Gasteiger partial charge on any atom is -0.462 e. The average Bonchev–Trinajstić information content (AvgIpc) is 3.28. The Kier molecular flexibility index (Phi) is 49.5. The van der Waals surface area contributed by atoms with Crippen molar-refractivity contribution >= 4 is 11.9 Å². The molecule has 0 aromatic carbocycles. The second-order valence-corrected chi connectivity index (χ2v) is 19.0. The summed E-state index contributed by atoms with van der Waals surface area (Å²) in [6.45, 7) is 6.46. The molecule has 3 unspecified atom stereocenters. The van der Waals surface area contributed by atoms with Gasteiger partial charge in [0.1, 0.15) is 6.10 Å². The molecule has 6 heteroatoms. The van der Waals surface area contributed by atoms with Crippen molar-refractivity contribution in [3.63, 3.8) is 0 Å². The van der Waals surface area contributed by atoms with Gasteiger partial charge in [0.25, 0.3) is 0 Å². The molecule has 0 bridgehead atoms. The van der Waals surface area contributed by atoms with Crippen LogP contribution >= 0.6 is 0 Å². The van der Waals surface area contributed by atoms with E-state index in [9.17, 15) is 19.8 Å². The number of unbranched alkanes of at least 4 members (excludes halogenated alkanes) is 32. The van der Waals surface area contributed by atoms with E-state index in [0.717, 1.165) is 64.2 Å². The van der Waals surface area contributed by atoms with E-state index in [1.165, 1.54) is 180 Å². The van der Waals surface area contributed by atoms with Crippen molar-refractivity contribution in [3.8, 4) is 0 Å².